The second-order valence-electron chi connectivity index (χ2n) is 7.87. The molecule has 2 aromatic carbocycles. The molecule has 3 aromatic rings. The predicted molar refractivity (Wildman–Crippen MR) is 128 cm³/mol. The molecule has 1 aliphatic heterocycles. The van der Waals surface area contributed by atoms with Gasteiger partial charge in [-0.3, -0.25) is 14.2 Å². The van der Waals surface area contributed by atoms with Crippen LogP contribution in [0.15, 0.2) is 58.2 Å². The Kier molecular flexibility index (Phi) is 6.36. The lowest BCUT2D eigenvalue weighted by molar-refractivity contribution is -0.137. The van der Waals surface area contributed by atoms with Crippen molar-refractivity contribution in [3.05, 3.63) is 90.4 Å². The molecule has 1 amide bonds. The molecule has 0 radical (unpaired) electrons. The first-order chi connectivity index (χ1) is 15.9. The summed E-state index contributed by atoms with van der Waals surface area (Å²) in [6.07, 6.45) is -4.18. The summed E-state index contributed by atoms with van der Waals surface area (Å²) >= 11 is 1.92. The first-order valence-electron chi connectivity index (χ1n) is 10.1. The zero-order chi connectivity index (χ0) is 24.8. The summed E-state index contributed by atoms with van der Waals surface area (Å²) in [4.78, 5) is 26.3. The molecule has 6 nitrogen and oxygen atoms in total. The molecule has 1 aromatic heterocycles. The minimum atomic E-state index is -4.58. The predicted octanol–water partition coefficient (Wildman–Crippen LogP) is 4.03. The van der Waals surface area contributed by atoms with Crippen LogP contribution in [0.4, 0.5) is 13.2 Å². The van der Waals surface area contributed by atoms with Gasteiger partial charge in [0.2, 0.25) is 0 Å². The third kappa shape index (κ3) is 4.63. The summed E-state index contributed by atoms with van der Waals surface area (Å²) in [5.41, 5.74) is -0.0931. The van der Waals surface area contributed by atoms with Crippen LogP contribution in [0.25, 0.3) is 5.69 Å². The Hall–Kier alpha value is -2.67. The van der Waals surface area contributed by atoms with Crippen LogP contribution >= 0.6 is 22.6 Å². The lowest BCUT2D eigenvalue weighted by atomic mass is 10.1. The normalized spacial score (nSPS) is 14.6. The number of aromatic nitrogens is 1. The molecule has 1 N–H and O–H groups in total. The second kappa shape index (κ2) is 8.84. The van der Waals surface area contributed by atoms with Crippen molar-refractivity contribution in [2.24, 2.45) is 0 Å². The van der Waals surface area contributed by atoms with Gasteiger partial charge in [-0.25, -0.2) is 8.42 Å². The van der Waals surface area contributed by atoms with E-state index in [0.717, 1.165) is 16.7 Å². The highest BCUT2D eigenvalue weighted by atomic mass is 127. The summed E-state index contributed by atoms with van der Waals surface area (Å²) in [7, 11) is -3.26. The Balaban J connectivity index is 1.64. The second-order valence-corrected chi connectivity index (χ2v) is 11.1. The van der Waals surface area contributed by atoms with E-state index in [9.17, 15) is 31.2 Å². The molecule has 0 aliphatic carbocycles. The van der Waals surface area contributed by atoms with Crippen LogP contribution in [0.1, 0.15) is 32.7 Å². The molecule has 178 valence electrons. The highest BCUT2D eigenvalue weighted by molar-refractivity contribution is 14.1. The number of alkyl halides is 3. The molecule has 1 aliphatic rings. The zero-order valence-electron chi connectivity index (χ0n) is 17.7. The van der Waals surface area contributed by atoms with Crippen molar-refractivity contribution in [3.63, 3.8) is 0 Å². The minimum absolute atomic E-state index is 0.00437. The molecular weight excluding hydrogens is 584 g/mol. The number of nitrogens with one attached hydrogen (secondary N) is 1. The SMILES string of the molecule is Cc1c(I)cc(C(=O)NCc2ccc3c(c2)CCS3(=O)=O)c(=O)n1-c1cccc(C(F)(F)F)c1. The topological polar surface area (TPSA) is 85.2 Å². The van der Waals surface area contributed by atoms with Crippen molar-refractivity contribution in [1.82, 2.24) is 9.88 Å². The number of benzene rings is 2. The van der Waals surface area contributed by atoms with Gasteiger partial charge in [0.1, 0.15) is 5.56 Å². The van der Waals surface area contributed by atoms with Crippen molar-refractivity contribution in [1.29, 1.82) is 0 Å². The first-order valence-corrected chi connectivity index (χ1v) is 12.8. The van der Waals surface area contributed by atoms with E-state index in [1.807, 2.05) is 22.6 Å². The largest absolute Gasteiger partial charge is 0.416 e. The number of hydrogen-bond acceptors (Lipinski definition) is 4. The third-order valence-corrected chi connectivity index (χ3v) is 8.52. The van der Waals surface area contributed by atoms with Gasteiger partial charge < -0.3 is 5.32 Å². The number of sulfone groups is 1. The fourth-order valence-electron chi connectivity index (χ4n) is 3.84. The van der Waals surface area contributed by atoms with Crippen LogP contribution < -0.4 is 10.9 Å². The monoisotopic (exact) mass is 602 g/mol. The number of halogens is 4. The maximum absolute atomic E-state index is 13.2. The molecule has 0 bridgehead atoms. The Morgan fingerprint density at radius 2 is 1.88 bits per heavy atom. The highest BCUT2D eigenvalue weighted by Gasteiger charge is 2.31. The molecule has 0 unspecified atom stereocenters. The average Bonchev–Trinajstić information content (AvgIpc) is 3.08. The van der Waals surface area contributed by atoms with Crippen LogP contribution in [-0.2, 0) is 29.0 Å². The van der Waals surface area contributed by atoms with E-state index in [1.54, 1.807) is 19.1 Å². The van der Waals surface area contributed by atoms with E-state index < -0.39 is 33.0 Å². The van der Waals surface area contributed by atoms with Gasteiger partial charge in [-0.15, -0.1) is 0 Å². The fourth-order valence-corrected chi connectivity index (χ4v) is 5.94. The van der Waals surface area contributed by atoms with Crippen LogP contribution in [0.5, 0.6) is 0 Å². The van der Waals surface area contributed by atoms with E-state index in [0.29, 0.717) is 31.7 Å². The molecule has 11 heteroatoms. The number of pyridine rings is 1. The van der Waals surface area contributed by atoms with Gasteiger partial charge in [-0.05, 0) is 77.4 Å². The molecule has 0 saturated heterocycles. The first kappa shape index (κ1) is 24.5. The number of nitrogens with zero attached hydrogens (tertiary/aromatic N) is 1. The van der Waals surface area contributed by atoms with Crippen molar-refractivity contribution < 1.29 is 26.4 Å². The van der Waals surface area contributed by atoms with Crippen molar-refractivity contribution in [2.45, 2.75) is 31.0 Å². The summed E-state index contributed by atoms with van der Waals surface area (Å²) in [6, 6.07) is 10.6. The minimum Gasteiger partial charge on any atom is -0.348 e. The zero-order valence-corrected chi connectivity index (χ0v) is 20.7. The Morgan fingerprint density at radius 1 is 1.15 bits per heavy atom. The summed E-state index contributed by atoms with van der Waals surface area (Å²) in [5.74, 6) is -0.633. The summed E-state index contributed by atoms with van der Waals surface area (Å²) in [5, 5.41) is 2.64. The molecule has 4 rings (SSSR count). The molecule has 0 fully saturated rings. The maximum Gasteiger partial charge on any atom is 0.416 e. The number of carbonyl (C=O) groups excluding carboxylic acids is 1. The highest BCUT2D eigenvalue weighted by Crippen LogP contribution is 2.30. The number of aryl methyl sites for hydroxylation is 1. The number of hydrogen-bond donors (Lipinski definition) is 1. The number of amides is 1. The maximum atomic E-state index is 13.2. The lowest BCUT2D eigenvalue weighted by Crippen LogP contribution is -2.33. The summed E-state index contributed by atoms with van der Waals surface area (Å²) < 4.78 is 65.1. The van der Waals surface area contributed by atoms with Gasteiger partial charge in [0.05, 0.1) is 16.2 Å². The van der Waals surface area contributed by atoms with Gasteiger partial charge in [0.25, 0.3) is 11.5 Å². The van der Waals surface area contributed by atoms with Crippen LogP contribution in [0.2, 0.25) is 0 Å². The van der Waals surface area contributed by atoms with Gasteiger partial charge in [0.15, 0.2) is 9.84 Å². The Labute approximate surface area is 206 Å². The van der Waals surface area contributed by atoms with Gasteiger partial charge in [-0.2, -0.15) is 13.2 Å². The van der Waals surface area contributed by atoms with Crippen LogP contribution in [0, 0.1) is 10.5 Å². The van der Waals surface area contributed by atoms with Crippen molar-refractivity contribution in [2.75, 3.05) is 5.75 Å². The van der Waals surface area contributed by atoms with Crippen molar-refractivity contribution >= 4 is 38.3 Å². The summed E-state index contributed by atoms with van der Waals surface area (Å²) in [6.45, 7) is 1.64. The van der Waals surface area contributed by atoms with Gasteiger partial charge in [0, 0.05) is 21.5 Å². The van der Waals surface area contributed by atoms with E-state index in [2.05, 4.69) is 5.32 Å². The fraction of sp³-hybridized carbons (Fsp3) is 0.217. The van der Waals surface area contributed by atoms with Crippen LogP contribution in [0.3, 0.4) is 0 Å². The van der Waals surface area contributed by atoms with Gasteiger partial charge >= 0.3 is 6.18 Å². The quantitative estimate of drug-likeness (QED) is 0.458. The number of rotatable bonds is 4. The molecule has 0 atom stereocenters. The van der Waals surface area contributed by atoms with Gasteiger partial charge in [-0.1, -0.05) is 18.2 Å². The van der Waals surface area contributed by atoms with E-state index in [1.165, 1.54) is 24.3 Å². The van der Waals surface area contributed by atoms with E-state index >= 15 is 0 Å². The van der Waals surface area contributed by atoms with Crippen LogP contribution in [-0.4, -0.2) is 24.6 Å². The number of fused-ring (bicyclic) bond motifs is 1. The molecule has 34 heavy (non-hydrogen) atoms. The van der Waals surface area contributed by atoms with Crippen molar-refractivity contribution in [3.8, 4) is 5.69 Å². The molecular formula is C23H18F3IN2O4S. The molecule has 2 heterocycles. The smallest absolute Gasteiger partial charge is 0.348 e. The number of carbonyl (C=O) groups is 1. The van der Waals surface area contributed by atoms with E-state index in [-0.39, 0.29) is 23.5 Å². The van der Waals surface area contributed by atoms with E-state index in [4.69, 9.17) is 0 Å². The standard InChI is InChI=1S/C23H18F3IN2O4S/c1-13-19(27)11-18(22(31)29(13)17-4-2-3-16(10-17)23(24,25)26)21(30)28-12-14-5-6-20-15(9-14)7-8-34(20,32)33/h2-6,9-11H,7-8,12H2,1H3,(H,28,30). The average molecular weight is 602 g/mol. The molecule has 0 spiro atoms. The Bertz CT molecular complexity index is 1480. The molecule has 0 saturated carbocycles. The lowest BCUT2D eigenvalue weighted by Gasteiger charge is -2.16. The Morgan fingerprint density at radius 3 is 2.59 bits per heavy atom. The third-order valence-electron chi connectivity index (χ3n) is 5.62.